The van der Waals surface area contributed by atoms with Crippen LogP contribution in [0.4, 0.5) is 4.79 Å². The molecule has 38 heavy (non-hydrogen) atoms. The molecule has 2 aromatic carbocycles. The van der Waals surface area contributed by atoms with Crippen LogP contribution in [0.2, 0.25) is 0 Å². The minimum Gasteiger partial charge on any atom is -0.444 e. The second-order valence-electron chi connectivity index (χ2n) is 11.0. The van der Waals surface area contributed by atoms with E-state index in [1.54, 1.807) is 20.8 Å². The zero-order valence-electron chi connectivity index (χ0n) is 22.7. The molecule has 0 saturated carbocycles. The number of rotatable bonds is 10. The van der Waals surface area contributed by atoms with Crippen LogP contribution in [-0.4, -0.2) is 46.1 Å². The van der Waals surface area contributed by atoms with E-state index in [4.69, 9.17) is 9.57 Å². The monoisotopic (exact) mass is 523 g/mol. The zero-order chi connectivity index (χ0) is 27.9. The summed E-state index contributed by atoms with van der Waals surface area (Å²) in [6, 6.07) is 17.3. The largest absolute Gasteiger partial charge is 0.444 e. The summed E-state index contributed by atoms with van der Waals surface area (Å²) in [6.45, 7) is 9.04. The molecule has 3 rings (SSSR count). The smallest absolute Gasteiger partial charge is 0.408 e. The molecule has 0 aliphatic carbocycles. The lowest BCUT2D eigenvalue weighted by Gasteiger charge is -2.31. The van der Waals surface area contributed by atoms with Gasteiger partial charge in [-0.05, 0) is 44.2 Å². The highest BCUT2D eigenvalue weighted by atomic mass is 16.7. The summed E-state index contributed by atoms with van der Waals surface area (Å²) in [4.78, 5) is 58.4. The molecule has 0 radical (unpaired) electrons. The minimum atomic E-state index is -1.57. The summed E-state index contributed by atoms with van der Waals surface area (Å²) in [5.74, 6) is -1.73. The maximum absolute atomic E-state index is 13.7. The molecular weight excluding hydrogens is 486 g/mol. The van der Waals surface area contributed by atoms with Crippen LogP contribution < -0.4 is 10.6 Å². The molecule has 1 heterocycles. The number of amides is 4. The number of hydroxylamine groups is 2. The van der Waals surface area contributed by atoms with Crippen molar-refractivity contribution in [2.45, 2.75) is 77.7 Å². The maximum atomic E-state index is 13.7. The van der Waals surface area contributed by atoms with Crippen molar-refractivity contribution in [2.24, 2.45) is 5.92 Å². The molecule has 2 N–H and O–H groups in total. The summed E-state index contributed by atoms with van der Waals surface area (Å²) in [5.41, 5.74) is -0.769. The van der Waals surface area contributed by atoms with Gasteiger partial charge in [-0.2, -0.15) is 5.06 Å². The van der Waals surface area contributed by atoms with E-state index in [0.717, 1.165) is 16.2 Å². The highest BCUT2D eigenvalue weighted by molar-refractivity contribution is 6.09. The first-order chi connectivity index (χ1) is 17.9. The Balaban J connectivity index is 1.85. The number of nitrogens with zero attached hydrogens (tertiary/aromatic N) is 1. The van der Waals surface area contributed by atoms with Gasteiger partial charge in [0.15, 0.2) is 0 Å². The summed E-state index contributed by atoms with van der Waals surface area (Å²) >= 11 is 0. The molecule has 0 spiro atoms. The lowest BCUT2D eigenvalue weighted by Crippen LogP contribution is -2.60. The minimum absolute atomic E-state index is 0.0177. The SMILES string of the molecule is CC(C)C[C@H](NC(=O)OC(C)(C)C)C(=O)N[C@]1(Cc2ccccc2)CC(=O)N(OCc2ccccc2)C1=O. The van der Waals surface area contributed by atoms with Crippen molar-refractivity contribution in [2.75, 3.05) is 0 Å². The summed E-state index contributed by atoms with van der Waals surface area (Å²) in [7, 11) is 0. The maximum Gasteiger partial charge on any atom is 0.408 e. The van der Waals surface area contributed by atoms with Gasteiger partial charge in [-0.25, -0.2) is 4.79 Å². The predicted molar refractivity (Wildman–Crippen MR) is 141 cm³/mol. The Bertz CT molecular complexity index is 1130. The Morgan fingerprint density at radius 3 is 2.11 bits per heavy atom. The second kappa shape index (κ2) is 12.2. The average molecular weight is 524 g/mol. The van der Waals surface area contributed by atoms with E-state index in [1.807, 2.05) is 74.5 Å². The van der Waals surface area contributed by atoms with Crippen LogP contribution in [0.1, 0.15) is 58.6 Å². The van der Waals surface area contributed by atoms with Crippen LogP contribution in [0, 0.1) is 5.92 Å². The van der Waals surface area contributed by atoms with Crippen LogP contribution in [0.3, 0.4) is 0 Å². The van der Waals surface area contributed by atoms with Crippen molar-refractivity contribution < 1.29 is 28.8 Å². The number of carbonyl (C=O) groups excluding carboxylic acids is 4. The Labute approximate surface area is 223 Å². The number of benzene rings is 2. The Kier molecular flexibility index (Phi) is 9.27. The van der Waals surface area contributed by atoms with Crippen LogP contribution in [0.25, 0.3) is 0 Å². The first-order valence-corrected chi connectivity index (χ1v) is 12.8. The summed E-state index contributed by atoms with van der Waals surface area (Å²) < 4.78 is 5.34. The number of nitrogens with one attached hydrogen (secondary N) is 2. The molecule has 9 nitrogen and oxygen atoms in total. The fourth-order valence-corrected chi connectivity index (χ4v) is 4.26. The molecule has 1 saturated heterocycles. The fourth-order valence-electron chi connectivity index (χ4n) is 4.26. The molecule has 2 aromatic rings. The molecule has 204 valence electrons. The van der Waals surface area contributed by atoms with Crippen LogP contribution in [-0.2, 0) is 37.0 Å². The topological polar surface area (TPSA) is 114 Å². The third-order valence-corrected chi connectivity index (χ3v) is 5.90. The van der Waals surface area contributed by atoms with Gasteiger partial charge < -0.3 is 15.4 Å². The van der Waals surface area contributed by atoms with Crippen molar-refractivity contribution in [1.82, 2.24) is 15.7 Å². The first kappa shape index (κ1) is 28.8. The van der Waals surface area contributed by atoms with Gasteiger partial charge in [-0.1, -0.05) is 74.5 Å². The first-order valence-electron chi connectivity index (χ1n) is 12.8. The number of alkyl carbamates (subject to hydrolysis) is 1. The van der Waals surface area contributed by atoms with Gasteiger partial charge in [-0.15, -0.1) is 0 Å². The Morgan fingerprint density at radius 1 is 0.974 bits per heavy atom. The van der Waals surface area contributed by atoms with Crippen LogP contribution in [0.15, 0.2) is 60.7 Å². The zero-order valence-corrected chi connectivity index (χ0v) is 22.7. The van der Waals surface area contributed by atoms with E-state index in [-0.39, 0.29) is 25.4 Å². The third-order valence-electron chi connectivity index (χ3n) is 5.90. The van der Waals surface area contributed by atoms with E-state index in [1.165, 1.54) is 0 Å². The van der Waals surface area contributed by atoms with E-state index in [0.29, 0.717) is 6.42 Å². The lowest BCUT2D eigenvalue weighted by molar-refractivity contribution is -0.193. The highest BCUT2D eigenvalue weighted by Gasteiger charge is 2.54. The summed E-state index contributed by atoms with van der Waals surface area (Å²) in [5, 5.41) is 6.20. The van der Waals surface area contributed by atoms with E-state index < -0.39 is 41.0 Å². The second-order valence-corrected chi connectivity index (χ2v) is 11.0. The molecule has 1 aliphatic rings. The van der Waals surface area contributed by atoms with Crippen LogP contribution in [0.5, 0.6) is 0 Å². The standard InChI is InChI=1S/C29H37N3O6/c1-20(2)16-23(30-27(36)38-28(3,4)5)25(34)31-29(17-21-12-8-6-9-13-21)18-24(33)32(26(29)35)37-19-22-14-10-7-11-15-22/h6-15,20,23H,16-19H2,1-5H3,(H,30,36)(H,31,34)/t23-,29+/m0/s1. The molecule has 2 atom stereocenters. The van der Waals surface area contributed by atoms with Crippen molar-refractivity contribution in [1.29, 1.82) is 0 Å². The van der Waals surface area contributed by atoms with Crippen molar-refractivity contribution in [3.05, 3.63) is 71.8 Å². The molecule has 9 heteroatoms. The van der Waals surface area contributed by atoms with Crippen molar-refractivity contribution >= 4 is 23.8 Å². The van der Waals surface area contributed by atoms with Gasteiger partial charge in [0, 0.05) is 6.42 Å². The van der Waals surface area contributed by atoms with Gasteiger partial charge in [0.25, 0.3) is 11.8 Å². The van der Waals surface area contributed by atoms with E-state index >= 15 is 0 Å². The number of imide groups is 1. The molecular formula is C29H37N3O6. The van der Waals surface area contributed by atoms with Crippen molar-refractivity contribution in [3.8, 4) is 0 Å². The van der Waals surface area contributed by atoms with Crippen molar-refractivity contribution in [3.63, 3.8) is 0 Å². The molecule has 1 aliphatic heterocycles. The quantitative estimate of drug-likeness (QED) is 0.457. The lowest BCUT2D eigenvalue weighted by atomic mass is 9.88. The van der Waals surface area contributed by atoms with E-state index in [9.17, 15) is 19.2 Å². The molecule has 4 amide bonds. The molecule has 1 fully saturated rings. The molecule has 0 unspecified atom stereocenters. The normalized spacial score (nSPS) is 18.4. The highest BCUT2D eigenvalue weighted by Crippen LogP contribution is 2.30. The predicted octanol–water partition coefficient (Wildman–Crippen LogP) is 3.91. The molecule has 0 bridgehead atoms. The number of hydrogen-bond donors (Lipinski definition) is 2. The Morgan fingerprint density at radius 2 is 1.55 bits per heavy atom. The van der Waals surface area contributed by atoms with E-state index in [2.05, 4.69) is 10.6 Å². The summed E-state index contributed by atoms with van der Waals surface area (Å²) in [6.07, 6.45) is -0.627. The Hall–Kier alpha value is -3.72. The average Bonchev–Trinajstić information content (AvgIpc) is 3.05. The van der Waals surface area contributed by atoms with Gasteiger partial charge in [0.2, 0.25) is 5.91 Å². The number of ether oxygens (including phenoxy) is 1. The number of hydrogen-bond acceptors (Lipinski definition) is 6. The van der Waals surface area contributed by atoms with Gasteiger partial charge in [-0.3, -0.25) is 19.2 Å². The third kappa shape index (κ3) is 7.89. The number of carbonyl (C=O) groups is 4. The van der Waals surface area contributed by atoms with Crippen LogP contribution >= 0.6 is 0 Å². The van der Waals surface area contributed by atoms with Gasteiger partial charge in [0.1, 0.15) is 23.8 Å². The fraction of sp³-hybridized carbons (Fsp3) is 0.448. The van der Waals surface area contributed by atoms with Gasteiger partial charge >= 0.3 is 6.09 Å². The van der Waals surface area contributed by atoms with Gasteiger partial charge in [0.05, 0.1) is 6.42 Å². The molecule has 0 aromatic heterocycles.